The summed E-state index contributed by atoms with van der Waals surface area (Å²) in [5.41, 5.74) is 0.334. The van der Waals surface area contributed by atoms with E-state index in [4.69, 9.17) is 18.3 Å². The van der Waals surface area contributed by atoms with Crippen LogP contribution in [0.25, 0.3) is 0 Å². The van der Waals surface area contributed by atoms with Crippen molar-refractivity contribution in [1.29, 1.82) is 0 Å². The molecular weight excluding hydrogens is 416 g/mol. The van der Waals surface area contributed by atoms with Crippen LogP contribution in [0.5, 0.6) is 0 Å². The zero-order valence-corrected chi connectivity index (χ0v) is 22.8. The third-order valence-corrected chi connectivity index (χ3v) is 15.5. The Bertz CT molecular complexity index is 663. The maximum atomic E-state index is 12.8. The SMILES string of the molecule is COC(=O)C1=C(C(=O)OC)[C@H](O[Si](C)(C)C(C)(C)C)C=C[C@@H]1O[Si](C)(C)C(C)(C)C. The van der Waals surface area contributed by atoms with Crippen LogP contribution in [-0.4, -0.2) is 55.0 Å². The van der Waals surface area contributed by atoms with Crippen molar-refractivity contribution in [2.45, 2.75) is 90.0 Å². The van der Waals surface area contributed by atoms with E-state index in [2.05, 4.69) is 67.7 Å². The third-order valence-electron chi connectivity index (χ3n) is 6.59. The summed E-state index contributed by atoms with van der Waals surface area (Å²) in [5.74, 6) is -1.21. The van der Waals surface area contributed by atoms with Crippen molar-refractivity contribution in [3.05, 3.63) is 23.3 Å². The summed E-state index contributed by atoms with van der Waals surface area (Å²) >= 11 is 0. The Morgan fingerprint density at radius 1 is 0.700 bits per heavy atom. The predicted octanol–water partition coefficient (Wildman–Crippen LogP) is 4.98. The van der Waals surface area contributed by atoms with Crippen LogP contribution in [0.15, 0.2) is 23.3 Å². The fourth-order valence-electron chi connectivity index (χ4n) is 2.56. The van der Waals surface area contributed by atoms with Crippen LogP contribution in [0.2, 0.25) is 36.3 Å². The monoisotopic (exact) mass is 456 g/mol. The molecule has 30 heavy (non-hydrogen) atoms. The summed E-state index contributed by atoms with van der Waals surface area (Å²) in [6.07, 6.45) is 2.26. The zero-order chi connectivity index (χ0) is 23.7. The number of esters is 2. The number of hydrogen-bond donors (Lipinski definition) is 0. The third kappa shape index (κ3) is 5.72. The van der Waals surface area contributed by atoms with Crippen molar-refractivity contribution >= 4 is 28.6 Å². The molecule has 1 aliphatic rings. The summed E-state index contributed by atoms with van der Waals surface area (Å²) in [5, 5.41) is -0.135. The molecule has 8 heteroatoms. The Morgan fingerprint density at radius 2 is 0.967 bits per heavy atom. The van der Waals surface area contributed by atoms with E-state index in [9.17, 15) is 9.59 Å². The molecule has 0 heterocycles. The summed E-state index contributed by atoms with van der Waals surface area (Å²) in [4.78, 5) is 25.6. The average Bonchev–Trinajstić information content (AvgIpc) is 2.58. The molecule has 1 rings (SSSR count). The molecular formula is C22H40O6Si2. The van der Waals surface area contributed by atoms with Crippen molar-refractivity contribution in [1.82, 2.24) is 0 Å². The molecule has 1 aliphatic carbocycles. The van der Waals surface area contributed by atoms with Gasteiger partial charge in [0.05, 0.1) is 37.6 Å². The lowest BCUT2D eigenvalue weighted by molar-refractivity contribution is -0.140. The van der Waals surface area contributed by atoms with Crippen LogP contribution in [0.1, 0.15) is 41.5 Å². The quantitative estimate of drug-likeness (QED) is 0.319. The molecule has 0 aromatic carbocycles. The second-order valence-corrected chi connectivity index (χ2v) is 20.3. The van der Waals surface area contributed by atoms with Crippen LogP contribution in [0, 0.1) is 0 Å². The van der Waals surface area contributed by atoms with Gasteiger partial charge < -0.3 is 18.3 Å². The van der Waals surface area contributed by atoms with Gasteiger partial charge in [-0.05, 0) is 36.3 Å². The van der Waals surface area contributed by atoms with Crippen LogP contribution in [0.4, 0.5) is 0 Å². The summed E-state index contributed by atoms with van der Waals surface area (Å²) in [7, 11) is -1.88. The molecule has 6 nitrogen and oxygen atoms in total. The largest absolute Gasteiger partial charge is 0.466 e. The van der Waals surface area contributed by atoms with Gasteiger partial charge in [0.25, 0.3) is 0 Å². The van der Waals surface area contributed by atoms with Gasteiger partial charge in [0.1, 0.15) is 0 Å². The van der Waals surface area contributed by atoms with Gasteiger partial charge in [0.2, 0.25) is 0 Å². The van der Waals surface area contributed by atoms with Crippen LogP contribution in [0.3, 0.4) is 0 Å². The summed E-state index contributed by atoms with van der Waals surface area (Å²) in [6, 6.07) is 0. The number of carbonyl (C=O) groups excluding carboxylic acids is 2. The number of rotatable bonds is 6. The first kappa shape index (κ1) is 26.8. The van der Waals surface area contributed by atoms with Gasteiger partial charge in [-0.3, -0.25) is 0 Å². The zero-order valence-electron chi connectivity index (χ0n) is 20.8. The molecule has 0 amide bonds. The summed E-state index contributed by atoms with van der Waals surface area (Å²) in [6.45, 7) is 21.1. The Hall–Kier alpha value is -1.23. The van der Waals surface area contributed by atoms with Gasteiger partial charge in [0.15, 0.2) is 16.6 Å². The predicted molar refractivity (Wildman–Crippen MR) is 124 cm³/mol. The minimum absolute atomic E-state index is 0.0675. The Morgan fingerprint density at radius 3 is 1.17 bits per heavy atom. The van der Waals surface area contributed by atoms with Gasteiger partial charge in [0, 0.05) is 0 Å². The molecule has 0 unspecified atom stereocenters. The Balaban J connectivity index is 3.57. The highest BCUT2D eigenvalue weighted by Gasteiger charge is 2.46. The van der Waals surface area contributed by atoms with Gasteiger partial charge >= 0.3 is 11.9 Å². The molecule has 0 bridgehead atoms. The molecule has 0 spiro atoms. The number of methoxy groups -OCH3 is 2. The molecule has 0 fully saturated rings. The molecule has 0 N–H and O–H groups in total. The van der Waals surface area contributed by atoms with E-state index in [1.807, 2.05) is 12.2 Å². The summed E-state index contributed by atoms with van der Waals surface area (Å²) < 4.78 is 23.1. The minimum Gasteiger partial charge on any atom is -0.466 e. The maximum absolute atomic E-state index is 12.8. The first-order valence-corrected chi connectivity index (χ1v) is 16.2. The number of hydrogen-bond acceptors (Lipinski definition) is 6. The minimum atomic E-state index is -2.24. The van der Waals surface area contributed by atoms with Gasteiger partial charge in [-0.1, -0.05) is 53.7 Å². The molecule has 172 valence electrons. The van der Waals surface area contributed by atoms with E-state index in [-0.39, 0.29) is 21.2 Å². The second-order valence-electron chi connectivity index (χ2n) is 10.8. The standard InChI is InChI=1S/C22H40O6Si2/c1-21(2,3)29(9,10)27-15-13-14-16(28-30(11,12)22(4,5)6)18(20(24)26-8)17(15)19(23)25-7/h13-16H,1-12H3/t15-,16+. The van der Waals surface area contributed by atoms with E-state index in [1.54, 1.807) is 0 Å². The van der Waals surface area contributed by atoms with Crippen LogP contribution in [-0.2, 0) is 27.9 Å². The Kier molecular flexibility index (Phi) is 8.13. The van der Waals surface area contributed by atoms with E-state index in [0.717, 1.165) is 0 Å². The normalized spacial score (nSPS) is 20.9. The molecule has 0 saturated carbocycles. The highest BCUT2D eigenvalue weighted by Crippen LogP contribution is 2.42. The maximum Gasteiger partial charge on any atom is 0.337 e. The molecule has 0 aromatic rings. The van der Waals surface area contributed by atoms with Crippen molar-refractivity contribution < 1.29 is 27.9 Å². The first-order chi connectivity index (χ1) is 13.4. The topological polar surface area (TPSA) is 71.1 Å². The smallest absolute Gasteiger partial charge is 0.337 e. The fourth-order valence-corrected chi connectivity index (χ4v) is 4.93. The lowest BCUT2D eigenvalue weighted by Gasteiger charge is -2.42. The molecule has 0 aliphatic heterocycles. The molecule has 0 radical (unpaired) electrons. The van der Waals surface area contributed by atoms with Gasteiger partial charge in [-0.25, -0.2) is 9.59 Å². The van der Waals surface area contributed by atoms with Crippen LogP contribution < -0.4 is 0 Å². The highest BCUT2D eigenvalue weighted by molar-refractivity contribution is 6.74. The van der Waals surface area contributed by atoms with Crippen LogP contribution >= 0.6 is 0 Å². The fraction of sp³-hybridized carbons (Fsp3) is 0.727. The van der Waals surface area contributed by atoms with Gasteiger partial charge in [-0.15, -0.1) is 0 Å². The van der Waals surface area contributed by atoms with E-state index in [1.165, 1.54) is 14.2 Å². The van der Waals surface area contributed by atoms with Gasteiger partial charge in [-0.2, -0.15) is 0 Å². The molecule has 0 aromatic heterocycles. The van der Waals surface area contributed by atoms with Crippen molar-refractivity contribution in [2.24, 2.45) is 0 Å². The van der Waals surface area contributed by atoms with Crippen molar-refractivity contribution in [2.75, 3.05) is 14.2 Å². The Labute approximate surface area is 184 Å². The van der Waals surface area contributed by atoms with Crippen molar-refractivity contribution in [3.8, 4) is 0 Å². The lowest BCUT2D eigenvalue weighted by Crippen LogP contribution is -2.48. The van der Waals surface area contributed by atoms with E-state index < -0.39 is 40.8 Å². The molecule has 2 atom stereocenters. The first-order valence-electron chi connectivity index (χ1n) is 10.3. The second kappa shape index (κ2) is 9.10. The molecule has 0 saturated heterocycles. The van der Waals surface area contributed by atoms with E-state index in [0.29, 0.717) is 0 Å². The number of ether oxygens (including phenoxy) is 2. The van der Waals surface area contributed by atoms with E-state index >= 15 is 0 Å². The average molecular weight is 457 g/mol. The van der Waals surface area contributed by atoms with Crippen molar-refractivity contribution in [3.63, 3.8) is 0 Å². The number of carbonyl (C=O) groups is 2. The highest BCUT2D eigenvalue weighted by atomic mass is 28.4. The lowest BCUT2D eigenvalue weighted by atomic mass is 9.92.